The topological polar surface area (TPSA) is 29.3 Å². The summed E-state index contributed by atoms with van der Waals surface area (Å²) in [5, 5.41) is 0. The first-order valence-electron chi connectivity index (χ1n) is 6.87. The van der Waals surface area contributed by atoms with Crippen LogP contribution in [-0.2, 0) is 6.42 Å². The third-order valence-electron chi connectivity index (χ3n) is 4.02. The van der Waals surface area contributed by atoms with Gasteiger partial charge in [0, 0.05) is 24.8 Å². The normalized spacial score (nSPS) is 21.2. The van der Waals surface area contributed by atoms with Gasteiger partial charge in [-0.05, 0) is 55.7 Å². The minimum Gasteiger partial charge on any atom is -0.371 e. The van der Waals surface area contributed by atoms with Gasteiger partial charge in [-0.3, -0.25) is 0 Å². The molecule has 1 aliphatic heterocycles. The van der Waals surface area contributed by atoms with Crippen molar-refractivity contribution in [1.29, 1.82) is 0 Å². The summed E-state index contributed by atoms with van der Waals surface area (Å²) in [6, 6.07) is 6.96. The maximum Gasteiger partial charge on any atom is 0.0399 e. The van der Waals surface area contributed by atoms with Crippen molar-refractivity contribution in [2.24, 2.45) is 11.7 Å². The Bertz CT molecular complexity index is 407. The van der Waals surface area contributed by atoms with Crippen molar-refractivity contribution in [3.05, 3.63) is 29.3 Å². The van der Waals surface area contributed by atoms with Crippen LogP contribution in [0.5, 0.6) is 0 Å². The molecule has 2 nitrogen and oxygen atoms in total. The van der Waals surface area contributed by atoms with E-state index in [9.17, 15) is 0 Å². The van der Waals surface area contributed by atoms with E-state index in [1.807, 2.05) is 0 Å². The Kier molecular flexibility index (Phi) is 2.83. The van der Waals surface area contributed by atoms with Crippen molar-refractivity contribution < 1.29 is 0 Å². The number of fused-ring (bicyclic) bond motifs is 1. The molecule has 0 radical (unpaired) electrons. The Morgan fingerprint density at radius 3 is 2.94 bits per heavy atom. The second-order valence-electron chi connectivity index (χ2n) is 5.67. The number of nitrogens with two attached hydrogens (primary N) is 1. The van der Waals surface area contributed by atoms with E-state index in [1.165, 1.54) is 55.6 Å². The van der Waals surface area contributed by atoms with Crippen molar-refractivity contribution >= 4 is 5.69 Å². The average Bonchev–Trinajstić information content (AvgIpc) is 3.12. The number of nitrogens with zero attached hydrogens (tertiary/aromatic N) is 1. The number of anilines is 1. The Morgan fingerprint density at radius 1 is 1.41 bits per heavy atom. The number of aryl methyl sites for hydroxylation is 1. The van der Waals surface area contributed by atoms with E-state index in [4.69, 9.17) is 5.73 Å². The van der Waals surface area contributed by atoms with Crippen LogP contribution in [0.25, 0.3) is 0 Å². The Morgan fingerprint density at radius 2 is 2.24 bits per heavy atom. The molecular formula is C15H22N2. The van der Waals surface area contributed by atoms with Gasteiger partial charge in [0.05, 0.1) is 0 Å². The highest BCUT2D eigenvalue weighted by atomic mass is 15.1. The van der Waals surface area contributed by atoms with E-state index in [0.717, 1.165) is 5.92 Å². The lowest BCUT2D eigenvalue weighted by Gasteiger charge is -2.32. The summed E-state index contributed by atoms with van der Waals surface area (Å²) >= 11 is 0. The van der Waals surface area contributed by atoms with Crippen molar-refractivity contribution in [2.75, 3.05) is 18.0 Å². The molecule has 1 fully saturated rings. The van der Waals surface area contributed by atoms with Gasteiger partial charge in [0.25, 0.3) is 0 Å². The molecule has 0 saturated heterocycles. The van der Waals surface area contributed by atoms with Gasteiger partial charge in [-0.1, -0.05) is 12.1 Å². The van der Waals surface area contributed by atoms with E-state index in [2.05, 4.69) is 30.0 Å². The second kappa shape index (κ2) is 4.34. The first-order chi connectivity index (χ1) is 8.24. The summed E-state index contributed by atoms with van der Waals surface area (Å²) in [5.74, 6) is 0.967. The molecular weight excluding hydrogens is 208 g/mol. The van der Waals surface area contributed by atoms with Crippen molar-refractivity contribution in [3.63, 3.8) is 0 Å². The SMILES string of the molecule is CC(N)c1ccc2c(c1)CCCN2CC1CC1. The minimum absolute atomic E-state index is 0.152. The summed E-state index contributed by atoms with van der Waals surface area (Å²) in [7, 11) is 0. The third-order valence-corrected chi connectivity index (χ3v) is 4.02. The van der Waals surface area contributed by atoms with Gasteiger partial charge in [0.15, 0.2) is 0 Å². The highest BCUT2D eigenvalue weighted by Gasteiger charge is 2.26. The first-order valence-corrected chi connectivity index (χ1v) is 6.87. The molecule has 0 bridgehead atoms. The molecule has 2 aliphatic rings. The summed E-state index contributed by atoms with van der Waals surface area (Å²) in [5.41, 5.74) is 10.2. The summed E-state index contributed by atoms with van der Waals surface area (Å²) in [6.07, 6.45) is 5.38. The summed E-state index contributed by atoms with van der Waals surface area (Å²) in [4.78, 5) is 2.58. The van der Waals surface area contributed by atoms with Crippen LogP contribution in [0.1, 0.15) is 43.4 Å². The van der Waals surface area contributed by atoms with Gasteiger partial charge in [-0.2, -0.15) is 0 Å². The predicted molar refractivity (Wildman–Crippen MR) is 72.3 cm³/mol. The van der Waals surface area contributed by atoms with Crippen LogP contribution in [0.4, 0.5) is 5.69 Å². The summed E-state index contributed by atoms with van der Waals surface area (Å²) < 4.78 is 0. The van der Waals surface area contributed by atoms with Crippen LogP contribution in [-0.4, -0.2) is 13.1 Å². The van der Waals surface area contributed by atoms with E-state index in [0.29, 0.717) is 0 Å². The number of benzene rings is 1. The van der Waals surface area contributed by atoms with Crippen LogP contribution in [0.2, 0.25) is 0 Å². The molecule has 0 amide bonds. The molecule has 1 aromatic rings. The molecule has 17 heavy (non-hydrogen) atoms. The molecule has 1 aromatic carbocycles. The van der Waals surface area contributed by atoms with Crippen molar-refractivity contribution in [2.45, 2.75) is 38.6 Å². The zero-order chi connectivity index (χ0) is 11.8. The lowest BCUT2D eigenvalue weighted by Crippen LogP contribution is -2.31. The standard InChI is InChI=1S/C15H22N2/c1-11(16)13-6-7-15-14(9-13)3-2-8-17(15)10-12-4-5-12/h6-7,9,11-12H,2-5,8,10,16H2,1H3. The maximum absolute atomic E-state index is 5.96. The zero-order valence-electron chi connectivity index (χ0n) is 10.7. The lowest BCUT2D eigenvalue weighted by molar-refractivity contribution is 0.656. The van der Waals surface area contributed by atoms with Gasteiger partial charge < -0.3 is 10.6 Å². The predicted octanol–water partition coefficient (Wildman–Crippen LogP) is 2.87. The fourth-order valence-corrected chi connectivity index (χ4v) is 2.78. The smallest absolute Gasteiger partial charge is 0.0399 e. The van der Waals surface area contributed by atoms with Gasteiger partial charge in [0.1, 0.15) is 0 Å². The van der Waals surface area contributed by atoms with E-state index in [1.54, 1.807) is 0 Å². The number of hydrogen-bond acceptors (Lipinski definition) is 2. The largest absolute Gasteiger partial charge is 0.371 e. The van der Waals surface area contributed by atoms with E-state index < -0.39 is 0 Å². The van der Waals surface area contributed by atoms with Crippen LogP contribution in [0.15, 0.2) is 18.2 Å². The fourth-order valence-electron chi connectivity index (χ4n) is 2.78. The monoisotopic (exact) mass is 230 g/mol. The Hall–Kier alpha value is -1.02. The average molecular weight is 230 g/mol. The maximum atomic E-state index is 5.96. The molecule has 1 atom stereocenters. The minimum atomic E-state index is 0.152. The quantitative estimate of drug-likeness (QED) is 0.865. The van der Waals surface area contributed by atoms with Gasteiger partial charge in [-0.15, -0.1) is 0 Å². The van der Waals surface area contributed by atoms with E-state index >= 15 is 0 Å². The van der Waals surface area contributed by atoms with Crippen LogP contribution >= 0.6 is 0 Å². The molecule has 2 heteroatoms. The third kappa shape index (κ3) is 2.32. The molecule has 0 aromatic heterocycles. The molecule has 2 N–H and O–H groups in total. The second-order valence-corrected chi connectivity index (χ2v) is 5.67. The molecule has 92 valence electrons. The number of rotatable bonds is 3. The van der Waals surface area contributed by atoms with Crippen LogP contribution < -0.4 is 10.6 Å². The Balaban J connectivity index is 1.86. The van der Waals surface area contributed by atoms with Crippen molar-refractivity contribution in [3.8, 4) is 0 Å². The van der Waals surface area contributed by atoms with E-state index in [-0.39, 0.29) is 6.04 Å². The molecule has 3 rings (SSSR count). The van der Waals surface area contributed by atoms with Crippen LogP contribution in [0.3, 0.4) is 0 Å². The summed E-state index contributed by atoms with van der Waals surface area (Å²) in [6.45, 7) is 4.57. The molecule has 1 aliphatic carbocycles. The van der Waals surface area contributed by atoms with Gasteiger partial charge >= 0.3 is 0 Å². The molecule has 0 spiro atoms. The number of hydrogen-bond donors (Lipinski definition) is 1. The Labute approximate surface area is 104 Å². The highest BCUT2D eigenvalue weighted by molar-refractivity contribution is 5.57. The van der Waals surface area contributed by atoms with Crippen molar-refractivity contribution in [1.82, 2.24) is 0 Å². The first kappa shape index (κ1) is 11.1. The molecule has 1 unspecified atom stereocenters. The highest BCUT2D eigenvalue weighted by Crippen LogP contribution is 2.35. The molecule has 1 heterocycles. The fraction of sp³-hybridized carbons (Fsp3) is 0.600. The zero-order valence-corrected chi connectivity index (χ0v) is 10.7. The van der Waals surface area contributed by atoms with Gasteiger partial charge in [-0.25, -0.2) is 0 Å². The van der Waals surface area contributed by atoms with Crippen LogP contribution in [0, 0.1) is 5.92 Å². The van der Waals surface area contributed by atoms with Gasteiger partial charge in [0.2, 0.25) is 0 Å². The molecule has 1 saturated carbocycles. The lowest BCUT2D eigenvalue weighted by atomic mass is 9.97.